The minimum Gasteiger partial charge on any atom is -0.461 e. The number of ether oxygens (including phenoxy) is 2. The Morgan fingerprint density at radius 3 is 1.67 bits per heavy atom. The molecule has 10 heteroatoms. The molecule has 2 aromatic carbocycles. The van der Waals surface area contributed by atoms with Crippen molar-refractivity contribution in [1.29, 1.82) is 0 Å². The highest BCUT2D eigenvalue weighted by atomic mass is 32.2. The number of rotatable bonds is 12. The summed E-state index contributed by atoms with van der Waals surface area (Å²) in [7, 11) is 0. The first-order valence-electron chi connectivity index (χ1n) is 11.5. The van der Waals surface area contributed by atoms with Crippen molar-refractivity contribution < 1.29 is 19.1 Å². The lowest BCUT2D eigenvalue weighted by molar-refractivity contribution is -0.138. The van der Waals surface area contributed by atoms with Crippen LogP contribution in [-0.4, -0.2) is 67.8 Å². The molecule has 4 rings (SSSR count). The number of fused-ring (bicyclic) bond motifs is 1. The van der Waals surface area contributed by atoms with E-state index in [0.717, 1.165) is 23.0 Å². The molecule has 4 atom stereocenters. The summed E-state index contributed by atoms with van der Waals surface area (Å²) in [6.07, 6.45) is 2.44. The molecule has 4 unspecified atom stereocenters. The van der Waals surface area contributed by atoms with Gasteiger partial charge in [0.2, 0.25) is 0 Å². The Labute approximate surface area is 238 Å². The van der Waals surface area contributed by atoms with Gasteiger partial charge in [-0.1, -0.05) is 37.4 Å². The van der Waals surface area contributed by atoms with Crippen molar-refractivity contribution in [1.82, 2.24) is 0 Å². The third-order valence-electron chi connectivity index (χ3n) is 5.37. The van der Waals surface area contributed by atoms with Crippen LogP contribution in [0.4, 0.5) is 0 Å². The van der Waals surface area contributed by atoms with E-state index in [-0.39, 0.29) is 11.9 Å². The largest absolute Gasteiger partial charge is 0.461 e. The highest BCUT2D eigenvalue weighted by molar-refractivity contribution is 8.22. The first-order valence-corrected chi connectivity index (χ1v) is 17.4. The van der Waals surface area contributed by atoms with E-state index in [4.69, 9.17) is 9.47 Å². The molecule has 0 aliphatic carbocycles. The molecule has 0 bridgehead atoms. The number of carbonyl (C=O) groups excluding carboxylic acids is 2. The van der Waals surface area contributed by atoms with E-state index in [1.807, 2.05) is 70.6 Å². The lowest BCUT2D eigenvalue weighted by atomic mass is 10.1. The van der Waals surface area contributed by atoms with Crippen LogP contribution in [0.5, 0.6) is 0 Å². The standard InChI is InChI=1S/C26H28O4S6/c1-3-23(27)29-11-17-13-33-25(35-17)15-31-21-9-10-22(20-8-6-5-7-19(20)21)32-16-26-34-14-18(36-26)12-30-24(28)4-2/h3-10,17-18,25-26H,1-2,11-16H2. The van der Waals surface area contributed by atoms with Gasteiger partial charge in [-0.3, -0.25) is 0 Å². The Hall–Kier alpha value is -0.780. The topological polar surface area (TPSA) is 52.6 Å². The maximum atomic E-state index is 11.3. The first kappa shape index (κ1) is 28.2. The van der Waals surface area contributed by atoms with E-state index in [0.29, 0.717) is 32.9 Å². The normalized spacial score (nSPS) is 23.4. The fraction of sp³-hybridized carbons (Fsp3) is 0.385. The van der Waals surface area contributed by atoms with Crippen LogP contribution in [0.2, 0.25) is 0 Å². The summed E-state index contributed by atoms with van der Waals surface area (Å²) < 4.78 is 11.4. The average Bonchev–Trinajstić information content (AvgIpc) is 3.57. The van der Waals surface area contributed by atoms with Crippen molar-refractivity contribution in [3.05, 3.63) is 61.7 Å². The summed E-state index contributed by atoms with van der Waals surface area (Å²) in [6.45, 7) is 7.82. The highest BCUT2D eigenvalue weighted by Crippen LogP contribution is 2.44. The molecule has 2 aliphatic heterocycles. The minimum atomic E-state index is -0.346. The Morgan fingerprint density at radius 2 is 1.25 bits per heavy atom. The molecule has 2 aliphatic rings. The second kappa shape index (κ2) is 14.4. The molecule has 0 spiro atoms. The second-order valence-corrected chi connectivity index (χ2v) is 16.1. The van der Waals surface area contributed by atoms with Gasteiger partial charge in [-0.15, -0.1) is 70.6 Å². The molecule has 192 valence electrons. The molecule has 36 heavy (non-hydrogen) atoms. The molecule has 0 saturated carbocycles. The molecule has 2 saturated heterocycles. The predicted molar refractivity (Wildman–Crippen MR) is 163 cm³/mol. The third kappa shape index (κ3) is 8.11. The van der Waals surface area contributed by atoms with E-state index in [9.17, 15) is 9.59 Å². The van der Waals surface area contributed by atoms with E-state index in [2.05, 4.69) is 49.6 Å². The zero-order valence-electron chi connectivity index (χ0n) is 19.7. The van der Waals surface area contributed by atoms with Crippen LogP contribution in [-0.2, 0) is 19.1 Å². The van der Waals surface area contributed by atoms with Crippen molar-refractivity contribution >= 4 is 93.3 Å². The third-order valence-corrected chi connectivity index (χ3v) is 15.0. The maximum absolute atomic E-state index is 11.3. The monoisotopic (exact) mass is 596 g/mol. The quantitative estimate of drug-likeness (QED) is 0.148. The molecular formula is C26H28O4S6. The molecule has 2 fully saturated rings. The van der Waals surface area contributed by atoms with Crippen LogP contribution in [0.1, 0.15) is 0 Å². The molecule has 2 aromatic rings. The van der Waals surface area contributed by atoms with Gasteiger partial charge in [0.1, 0.15) is 13.2 Å². The predicted octanol–water partition coefficient (Wildman–Crippen LogP) is 6.83. The van der Waals surface area contributed by atoms with E-state index in [1.54, 1.807) is 0 Å². The number of hydrogen-bond acceptors (Lipinski definition) is 10. The van der Waals surface area contributed by atoms with Crippen molar-refractivity contribution in [3.8, 4) is 0 Å². The lowest BCUT2D eigenvalue weighted by Crippen LogP contribution is -2.14. The van der Waals surface area contributed by atoms with Gasteiger partial charge in [-0.2, -0.15) is 0 Å². The van der Waals surface area contributed by atoms with Crippen molar-refractivity contribution in [2.75, 3.05) is 36.2 Å². The van der Waals surface area contributed by atoms with Gasteiger partial charge >= 0.3 is 11.9 Å². The Bertz CT molecular complexity index is 1010. The Morgan fingerprint density at radius 1 is 0.806 bits per heavy atom. The summed E-state index contributed by atoms with van der Waals surface area (Å²) in [5.41, 5.74) is 0. The van der Waals surface area contributed by atoms with Crippen LogP contribution < -0.4 is 0 Å². The van der Waals surface area contributed by atoms with Gasteiger partial charge in [0.25, 0.3) is 0 Å². The van der Waals surface area contributed by atoms with Crippen LogP contribution >= 0.6 is 70.6 Å². The van der Waals surface area contributed by atoms with Crippen molar-refractivity contribution in [3.63, 3.8) is 0 Å². The number of benzene rings is 2. The minimum absolute atomic E-state index is 0.346. The average molecular weight is 597 g/mol. The summed E-state index contributed by atoms with van der Waals surface area (Å²) in [5, 5.41) is 3.30. The molecule has 4 nitrogen and oxygen atoms in total. The Balaban J connectivity index is 1.29. The van der Waals surface area contributed by atoms with E-state index < -0.39 is 0 Å². The summed E-state index contributed by atoms with van der Waals surface area (Å²) in [4.78, 5) is 25.3. The second-order valence-electron chi connectivity index (χ2n) is 7.94. The number of esters is 2. The van der Waals surface area contributed by atoms with Crippen LogP contribution in [0.15, 0.2) is 71.5 Å². The first-order chi connectivity index (χ1) is 17.6. The summed E-state index contributed by atoms with van der Waals surface area (Å²) in [6, 6.07) is 13.2. The van der Waals surface area contributed by atoms with Gasteiger partial charge in [-0.25, -0.2) is 9.59 Å². The van der Waals surface area contributed by atoms with Gasteiger partial charge < -0.3 is 9.47 Å². The van der Waals surface area contributed by atoms with Gasteiger partial charge in [0.05, 0.1) is 9.16 Å². The number of hydrogen-bond donors (Lipinski definition) is 0. The van der Waals surface area contributed by atoms with Gasteiger partial charge in [0.15, 0.2) is 0 Å². The highest BCUT2D eigenvalue weighted by Gasteiger charge is 2.28. The van der Waals surface area contributed by atoms with E-state index >= 15 is 0 Å². The zero-order valence-corrected chi connectivity index (χ0v) is 24.6. The zero-order chi connectivity index (χ0) is 25.3. The lowest BCUT2D eigenvalue weighted by Gasteiger charge is -2.14. The molecule has 0 radical (unpaired) electrons. The smallest absolute Gasteiger partial charge is 0.330 e. The van der Waals surface area contributed by atoms with Crippen LogP contribution in [0, 0.1) is 0 Å². The molecule has 2 heterocycles. The number of carbonyl (C=O) groups is 2. The van der Waals surface area contributed by atoms with Crippen molar-refractivity contribution in [2.24, 2.45) is 0 Å². The Kier molecular flexibility index (Phi) is 11.3. The molecular weight excluding hydrogens is 569 g/mol. The maximum Gasteiger partial charge on any atom is 0.330 e. The van der Waals surface area contributed by atoms with Crippen molar-refractivity contribution in [2.45, 2.75) is 29.5 Å². The SMILES string of the molecule is C=CC(=O)OCC1CSC(CSc2ccc(SCC3SCC(COC(=O)C=C)S3)c3ccccc23)S1. The molecule has 0 N–H and O–H groups in total. The van der Waals surface area contributed by atoms with Crippen LogP contribution in [0.25, 0.3) is 10.8 Å². The number of thioether (sulfide) groups is 6. The summed E-state index contributed by atoms with van der Waals surface area (Å²) >= 11 is 11.5. The van der Waals surface area contributed by atoms with E-state index in [1.165, 1.54) is 32.7 Å². The molecule has 0 amide bonds. The molecule has 0 aromatic heterocycles. The van der Waals surface area contributed by atoms with Gasteiger partial charge in [0, 0.05) is 55.5 Å². The van der Waals surface area contributed by atoms with Crippen LogP contribution in [0.3, 0.4) is 0 Å². The summed E-state index contributed by atoms with van der Waals surface area (Å²) in [5.74, 6) is 3.36. The fourth-order valence-corrected chi connectivity index (χ4v) is 12.8. The van der Waals surface area contributed by atoms with Gasteiger partial charge in [-0.05, 0) is 22.9 Å². The fourth-order valence-electron chi connectivity index (χ4n) is 3.64.